The zero-order chi connectivity index (χ0) is 28.4. The second kappa shape index (κ2) is 12.1. The molecule has 0 fully saturated rings. The molecule has 9 nitrogen and oxygen atoms in total. The number of carbonyl (C=O) groups excluding carboxylic acids is 2. The SMILES string of the molecule is CCC(C)C(NC(=O)O)C(=O)NC1(C(=O)NC(C(N)=S)C(C)CC)CCc2[nH]c3c(Cl)cc(Cl)cc3c2C1. The van der Waals surface area contributed by atoms with E-state index in [1.54, 1.807) is 19.1 Å². The minimum Gasteiger partial charge on any atom is -0.465 e. The number of nitrogens with one attached hydrogen (secondary N) is 4. The number of carboxylic acid groups (broad SMARTS) is 1. The van der Waals surface area contributed by atoms with Crippen molar-refractivity contribution in [2.24, 2.45) is 17.6 Å². The van der Waals surface area contributed by atoms with Gasteiger partial charge in [-0.3, -0.25) is 9.59 Å². The molecule has 2 aromatic rings. The number of carbonyl (C=O) groups is 3. The van der Waals surface area contributed by atoms with Crippen LogP contribution in [0.4, 0.5) is 4.79 Å². The molecule has 38 heavy (non-hydrogen) atoms. The van der Waals surface area contributed by atoms with Crippen molar-refractivity contribution in [1.29, 1.82) is 0 Å². The number of amides is 3. The summed E-state index contributed by atoms with van der Waals surface area (Å²) < 4.78 is 0. The van der Waals surface area contributed by atoms with Crippen LogP contribution < -0.4 is 21.7 Å². The Morgan fingerprint density at radius 1 is 1.13 bits per heavy atom. The third-order valence-electron chi connectivity index (χ3n) is 7.68. The van der Waals surface area contributed by atoms with Gasteiger partial charge in [-0.1, -0.05) is 76.0 Å². The predicted molar refractivity (Wildman–Crippen MR) is 154 cm³/mol. The number of H-pyrrole nitrogens is 1. The highest BCUT2D eigenvalue weighted by molar-refractivity contribution is 7.80. The summed E-state index contributed by atoms with van der Waals surface area (Å²) in [5.74, 6) is -1.35. The lowest BCUT2D eigenvalue weighted by molar-refractivity contribution is -0.136. The summed E-state index contributed by atoms with van der Waals surface area (Å²) in [5.41, 5.74) is 7.01. The summed E-state index contributed by atoms with van der Waals surface area (Å²) in [6.45, 7) is 7.55. The first-order valence-electron chi connectivity index (χ1n) is 12.7. The standard InChI is InChI=1S/C26H35Cl2N5O4S/c1-5-12(3)19(22(29)38)31-24(35)26(33-23(34)20(13(4)6-2)32-25(36)37)8-7-18-16(11-26)15-9-14(27)10-17(28)21(15)30-18/h9-10,12-13,19-20,30,32H,5-8,11H2,1-4H3,(H2,29,38)(H,31,35)(H,33,34)(H,36,37). The van der Waals surface area contributed by atoms with E-state index in [9.17, 15) is 19.5 Å². The minimum absolute atomic E-state index is 0.0319. The van der Waals surface area contributed by atoms with Gasteiger partial charge >= 0.3 is 6.09 Å². The summed E-state index contributed by atoms with van der Waals surface area (Å²) >= 11 is 18.0. The number of fused-ring (bicyclic) bond motifs is 3. The number of halogens is 2. The van der Waals surface area contributed by atoms with Crippen molar-refractivity contribution in [3.63, 3.8) is 0 Å². The van der Waals surface area contributed by atoms with Crippen molar-refractivity contribution >= 4 is 69.2 Å². The summed E-state index contributed by atoms with van der Waals surface area (Å²) in [6, 6.07) is 1.80. The third kappa shape index (κ3) is 6.18. The Hall–Kier alpha value is -2.56. The van der Waals surface area contributed by atoms with E-state index in [2.05, 4.69) is 20.9 Å². The number of thiocarbonyl (C=S) groups is 1. The number of benzene rings is 1. The molecule has 1 aliphatic carbocycles. The van der Waals surface area contributed by atoms with E-state index >= 15 is 0 Å². The fraction of sp³-hybridized carbons (Fsp3) is 0.538. The zero-order valence-corrected chi connectivity index (χ0v) is 24.2. The van der Waals surface area contributed by atoms with Gasteiger partial charge < -0.3 is 31.8 Å². The van der Waals surface area contributed by atoms with Gasteiger partial charge in [-0.05, 0) is 42.4 Å². The van der Waals surface area contributed by atoms with Gasteiger partial charge in [0, 0.05) is 22.5 Å². The van der Waals surface area contributed by atoms with Crippen molar-refractivity contribution in [3.05, 3.63) is 33.4 Å². The Balaban J connectivity index is 2.08. The molecule has 1 heterocycles. The van der Waals surface area contributed by atoms with E-state index in [1.807, 2.05) is 20.8 Å². The van der Waals surface area contributed by atoms with Crippen LogP contribution in [-0.4, -0.2) is 50.6 Å². The highest BCUT2D eigenvalue weighted by Crippen LogP contribution is 2.38. The molecule has 3 amide bonds. The monoisotopic (exact) mass is 583 g/mol. The van der Waals surface area contributed by atoms with E-state index in [0.29, 0.717) is 28.4 Å². The second-order valence-electron chi connectivity index (χ2n) is 10.2. The largest absolute Gasteiger partial charge is 0.465 e. The van der Waals surface area contributed by atoms with Crippen molar-refractivity contribution < 1.29 is 19.5 Å². The Labute approximate surface area is 237 Å². The molecule has 208 valence electrons. The van der Waals surface area contributed by atoms with Gasteiger partial charge in [-0.15, -0.1) is 0 Å². The fourth-order valence-corrected chi connectivity index (χ4v) is 5.82. The Morgan fingerprint density at radius 2 is 1.76 bits per heavy atom. The van der Waals surface area contributed by atoms with Gasteiger partial charge in [-0.25, -0.2) is 4.79 Å². The maximum absolute atomic E-state index is 14.0. The molecule has 1 aromatic carbocycles. The predicted octanol–water partition coefficient (Wildman–Crippen LogP) is 4.32. The average molecular weight is 585 g/mol. The van der Waals surface area contributed by atoms with Crippen LogP contribution in [0.5, 0.6) is 0 Å². The molecule has 0 bridgehead atoms. The number of hydrogen-bond donors (Lipinski definition) is 6. The van der Waals surface area contributed by atoms with E-state index in [1.165, 1.54) is 0 Å². The van der Waals surface area contributed by atoms with E-state index in [4.69, 9.17) is 41.2 Å². The highest BCUT2D eigenvalue weighted by Gasteiger charge is 2.46. The molecular formula is C26H35Cl2N5O4S. The van der Waals surface area contributed by atoms with Crippen molar-refractivity contribution in [2.75, 3.05) is 0 Å². The maximum Gasteiger partial charge on any atom is 0.405 e. The molecule has 12 heteroatoms. The Bertz CT molecular complexity index is 1250. The Morgan fingerprint density at radius 3 is 2.34 bits per heavy atom. The first-order chi connectivity index (χ1) is 17.8. The smallest absolute Gasteiger partial charge is 0.405 e. The van der Waals surface area contributed by atoms with Gasteiger partial charge in [-0.2, -0.15) is 0 Å². The number of nitrogens with two attached hydrogens (primary N) is 1. The van der Waals surface area contributed by atoms with Gasteiger partial charge in [0.05, 0.1) is 21.6 Å². The van der Waals surface area contributed by atoms with Gasteiger partial charge in [0.2, 0.25) is 11.8 Å². The van der Waals surface area contributed by atoms with Gasteiger partial charge in [0.25, 0.3) is 0 Å². The number of aromatic nitrogens is 1. The van der Waals surface area contributed by atoms with Crippen molar-refractivity contribution in [1.82, 2.24) is 20.9 Å². The fourth-order valence-electron chi connectivity index (χ4n) is 4.99. The first kappa shape index (κ1) is 30.0. The van der Waals surface area contributed by atoms with Crippen molar-refractivity contribution in [2.45, 2.75) is 77.4 Å². The summed E-state index contributed by atoms with van der Waals surface area (Å²) in [6.07, 6.45) is 0.804. The van der Waals surface area contributed by atoms with Crippen LogP contribution in [0.15, 0.2) is 12.1 Å². The molecule has 1 aliphatic rings. The molecule has 5 atom stereocenters. The lowest BCUT2D eigenvalue weighted by Crippen LogP contribution is -2.67. The molecule has 1 aromatic heterocycles. The topological polar surface area (TPSA) is 149 Å². The lowest BCUT2D eigenvalue weighted by atomic mass is 9.78. The van der Waals surface area contributed by atoms with Crippen LogP contribution in [0.3, 0.4) is 0 Å². The minimum atomic E-state index is -1.39. The van der Waals surface area contributed by atoms with Crippen LogP contribution in [-0.2, 0) is 22.4 Å². The molecule has 0 saturated heterocycles. The van der Waals surface area contributed by atoms with Crippen molar-refractivity contribution in [3.8, 4) is 0 Å². The number of aryl methyl sites for hydroxylation is 1. The zero-order valence-electron chi connectivity index (χ0n) is 21.9. The summed E-state index contributed by atoms with van der Waals surface area (Å²) in [7, 11) is 0. The molecular weight excluding hydrogens is 549 g/mol. The second-order valence-corrected chi connectivity index (χ2v) is 11.5. The summed E-state index contributed by atoms with van der Waals surface area (Å²) in [5, 5.41) is 19.3. The summed E-state index contributed by atoms with van der Waals surface area (Å²) in [4.78, 5) is 42.6. The molecule has 0 radical (unpaired) electrons. The molecule has 5 unspecified atom stereocenters. The highest BCUT2D eigenvalue weighted by atomic mass is 35.5. The van der Waals surface area contributed by atoms with Crippen LogP contribution in [0, 0.1) is 11.8 Å². The van der Waals surface area contributed by atoms with Crippen LogP contribution in [0.2, 0.25) is 10.0 Å². The number of aromatic amines is 1. The van der Waals surface area contributed by atoms with Gasteiger partial charge in [0.1, 0.15) is 11.6 Å². The first-order valence-corrected chi connectivity index (χ1v) is 13.9. The molecule has 3 rings (SSSR count). The lowest BCUT2D eigenvalue weighted by Gasteiger charge is -2.39. The quantitative estimate of drug-likeness (QED) is 0.229. The van der Waals surface area contributed by atoms with Crippen LogP contribution in [0.1, 0.15) is 58.2 Å². The molecule has 7 N–H and O–H groups in total. The third-order valence-corrected chi connectivity index (χ3v) is 8.45. The van der Waals surface area contributed by atoms with Gasteiger partial charge in [0.15, 0.2) is 0 Å². The van der Waals surface area contributed by atoms with Crippen LogP contribution in [0.25, 0.3) is 10.9 Å². The molecule has 0 aliphatic heterocycles. The number of hydrogen-bond acceptors (Lipinski definition) is 4. The van der Waals surface area contributed by atoms with E-state index < -0.39 is 35.5 Å². The Kier molecular flexibility index (Phi) is 9.54. The normalized spacial score (nSPS) is 20.1. The average Bonchev–Trinajstić information content (AvgIpc) is 3.22. The van der Waals surface area contributed by atoms with Crippen LogP contribution >= 0.6 is 35.4 Å². The van der Waals surface area contributed by atoms with E-state index in [-0.39, 0.29) is 29.7 Å². The molecule has 0 spiro atoms. The maximum atomic E-state index is 14.0. The molecule has 0 saturated carbocycles. The number of rotatable bonds is 10. The van der Waals surface area contributed by atoms with E-state index in [0.717, 1.165) is 23.1 Å².